The van der Waals surface area contributed by atoms with Gasteiger partial charge >= 0.3 is 0 Å². The summed E-state index contributed by atoms with van der Waals surface area (Å²) < 4.78 is 5.99. The Balaban J connectivity index is 3.37. The highest BCUT2D eigenvalue weighted by Crippen LogP contribution is 2.31. The average molecular weight is 322 g/mol. The van der Waals surface area contributed by atoms with E-state index in [9.17, 15) is 4.79 Å². The molecule has 0 bridgehead atoms. The molecule has 76 valence electrons. The van der Waals surface area contributed by atoms with Crippen LogP contribution in [-0.4, -0.2) is 18.2 Å². The third-order valence-electron chi connectivity index (χ3n) is 1.92. The summed E-state index contributed by atoms with van der Waals surface area (Å²) in [6, 6.07) is 3.77. The summed E-state index contributed by atoms with van der Waals surface area (Å²) in [6.45, 7) is 1.89. The van der Waals surface area contributed by atoms with Gasteiger partial charge in [0.05, 0.1) is 22.5 Å². The first kappa shape index (κ1) is 11.7. The summed E-state index contributed by atoms with van der Waals surface area (Å²) in [5.41, 5.74) is 1.56. The molecule has 1 aromatic rings. The van der Waals surface area contributed by atoms with Gasteiger partial charge < -0.3 is 4.74 Å². The zero-order valence-corrected chi connectivity index (χ0v) is 11.1. The first-order chi connectivity index (χ1) is 6.61. The molecule has 0 saturated heterocycles. The standard InChI is InChI=1S/C10H10Br2O2/c1-6-3-4-7(12)10(14-2)9(6)8(13)5-11/h3-4H,5H2,1-2H3. The fourth-order valence-corrected chi connectivity index (χ4v) is 2.04. The molecule has 0 fully saturated rings. The van der Waals surface area contributed by atoms with Gasteiger partial charge in [-0.1, -0.05) is 22.0 Å². The van der Waals surface area contributed by atoms with Crippen molar-refractivity contribution in [1.29, 1.82) is 0 Å². The Labute approximate surface area is 99.9 Å². The molecule has 0 radical (unpaired) electrons. The first-order valence-corrected chi connectivity index (χ1v) is 5.95. The monoisotopic (exact) mass is 320 g/mol. The van der Waals surface area contributed by atoms with Crippen molar-refractivity contribution >= 4 is 37.6 Å². The molecule has 0 aliphatic heterocycles. The molecule has 0 heterocycles. The molecule has 4 heteroatoms. The number of hydrogen-bond acceptors (Lipinski definition) is 2. The van der Waals surface area contributed by atoms with Crippen LogP contribution in [0.25, 0.3) is 0 Å². The fourth-order valence-electron chi connectivity index (χ4n) is 1.27. The van der Waals surface area contributed by atoms with Crippen LogP contribution in [0.2, 0.25) is 0 Å². The number of hydrogen-bond donors (Lipinski definition) is 0. The van der Waals surface area contributed by atoms with E-state index in [1.807, 2.05) is 19.1 Å². The maximum absolute atomic E-state index is 11.6. The lowest BCUT2D eigenvalue weighted by atomic mass is 10.0. The second kappa shape index (κ2) is 4.94. The van der Waals surface area contributed by atoms with Crippen LogP contribution in [0, 0.1) is 6.92 Å². The lowest BCUT2D eigenvalue weighted by molar-refractivity contribution is 0.102. The highest BCUT2D eigenvalue weighted by atomic mass is 79.9. The number of rotatable bonds is 3. The Bertz CT molecular complexity index is 361. The SMILES string of the molecule is COc1c(Br)ccc(C)c1C(=O)CBr. The van der Waals surface area contributed by atoms with Crippen LogP contribution in [0.3, 0.4) is 0 Å². The Morgan fingerprint density at radius 1 is 1.50 bits per heavy atom. The maximum Gasteiger partial charge on any atom is 0.177 e. The molecular weight excluding hydrogens is 312 g/mol. The van der Waals surface area contributed by atoms with Crippen molar-refractivity contribution in [3.63, 3.8) is 0 Å². The highest BCUT2D eigenvalue weighted by Gasteiger charge is 2.16. The largest absolute Gasteiger partial charge is 0.495 e. The normalized spacial score (nSPS) is 10.0. The number of Topliss-reactive ketones (excluding diaryl/α,β-unsaturated/α-hetero) is 1. The van der Waals surface area contributed by atoms with Gasteiger partial charge in [-0.2, -0.15) is 0 Å². The predicted octanol–water partition coefficient (Wildman–Crippen LogP) is 3.34. The van der Waals surface area contributed by atoms with Gasteiger partial charge in [-0.25, -0.2) is 0 Å². The minimum atomic E-state index is 0.0284. The average Bonchev–Trinajstić information content (AvgIpc) is 2.19. The van der Waals surface area contributed by atoms with Crippen molar-refractivity contribution in [3.05, 3.63) is 27.7 Å². The molecule has 1 rings (SSSR count). The number of methoxy groups -OCH3 is 1. The van der Waals surface area contributed by atoms with Gasteiger partial charge in [0.1, 0.15) is 5.75 Å². The molecule has 0 aliphatic rings. The second-order valence-corrected chi connectivity index (χ2v) is 4.24. The Hall–Kier alpha value is -0.350. The molecule has 1 aromatic carbocycles. The molecule has 0 atom stereocenters. The molecule has 0 unspecified atom stereocenters. The van der Waals surface area contributed by atoms with E-state index < -0.39 is 0 Å². The number of aryl methyl sites for hydroxylation is 1. The summed E-state index contributed by atoms with van der Waals surface area (Å²) in [6.07, 6.45) is 0. The molecule has 0 saturated carbocycles. The van der Waals surface area contributed by atoms with Gasteiger partial charge in [0, 0.05) is 0 Å². The van der Waals surface area contributed by atoms with Crippen LogP contribution in [0.15, 0.2) is 16.6 Å². The summed E-state index contributed by atoms with van der Waals surface area (Å²) >= 11 is 6.50. The molecule has 0 aromatic heterocycles. The Morgan fingerprint density at radius 3 is 2.64 bits per heavy atom. The van der Waals surface area contributed by atoms with Crippen LogP contribution in [0.4, 0.5) is 0 Å². The minimum absolute atomic E-state index is 0.0284. The molecule has 2 nitrogen and oxygen atoms in total. The van der Waals surface area contributed by atoms with Crippen LogP contribution in [0.1, 0.15) is 15.9 Å². The van der Waals surface area contributed by atoms with E-state index in [1.165, 1.54) is 0 Å². The van der Waals surface area contributed by atoms with Crippen LogP contribution < -0.4 is 4.74 Å². The van der Waals surface area contributed by atoms with E-state index >= 15 is 0 Å². The van der Waals surface area contributed by atoms with Crippen molar-refractivity contribution in [2.24, 2.45) is 0 Å². The number of carbonyl (C=O) groups is 1. The molecule has 0 spiro atoms. The van der Waals surface area contributed by atoms with Crippen molar-refractivity contribution in [2.45, 2.75) is 6.92 Å². The lowest BCUT2D eigenvalue weighted by Crippen LogP contribution is -2.06. The number of benzene rings is 1. The van der Waals surface area contributed by atoms with E-state index in [1.54, 1.807) is 7.11 Å². The van der Waals surface area contributed by atoms with Gasteiger partial charge in [-0.05, 0) is 34.5 Å². The van der Waals surface area contributed by atoms with Gasteiger partial charge in [-0.15, -0.1) is 0 Å². The molecule has 0 N–H and O–H groups in total. The molecule has 0 aliphatic carbocycles. The number of ether oxygens (including phenoxy) is 1. The van der Waals surface area contributed by atoms with E-state index in [-0.39, 0.29) is 5.78 Å². The summed E-state index contributed by atoms with van der Waals surface area (Å²) in [5.74, 6) is 0.634. The zero-order chi connectivity index (χ0) is 10.7. The maximum atomic E-state index is 11.6. The number of carbonyl (C=O) groups excluding carboxylic acids is 1. The van der Waals surface area contributed by atoms with Gasteiger partial charge in [-0.3, -0.25) is 4.79 Å². The third-order valence-corrected chi connectivity index (χ3v) is 3.06. The summed E-state index contributed by atoms with van der Waals surface area (Å²) in [7, 11) is 1.56. The molecule has 14 heavy (non-hydrogen) atoms. The number of halogens is 2. The third kappa shape index (κ3) is 2.17. The van der Waals surface area contributed by atoms with Gasteiger partial charge in [0.15, 0.2) is 5.78 Å². The fraction of sp³-hybridized carbons (Fsp3) is 0.300. The zero-order valence-electron chi connectivity index (χ0n) is 7.93. The molecular formula is C10H10Br2O2. The number of ketones is 1. The van der Waals surface area contributed by atoms with E-state index in [2.05, 4.69) is 31.9 Å². The van der Waals surface area contributed by atoms with Crippen LogP contribution >= 0.6 is 31.9 Å². The van der Waals surface area contributed by atoms with Crippen molar-refractivity contribution in [2.75, 3.05) is 12.4 Å². The lowest BCUT2D eigenvalue weighted by Gasteiger charge is -2.11. The Morgan fingerprint density at radius 2 is 2.14 bits per heavy atom. The van der Waals surface area contributed by atoms with E-state index in [4.69, 9.17) is 4.74 Å². The minimum Gasteiger partial charge on any atom is -0.495 e. The van der Waals surface area contributed by atoms with E-state index in [0.717, 1.165) is 10.0 Å². The second-order valence-electron chi connectivity index (χ2n) is 2.83. The predicted molar refractivity (Wildman–Crippen MR) is 63.6 cm³/mol. The highest BCUT2D eigenvalue weighted by molar-refractivity contribution is 9.10. The van der Waals surface area contributed by atoms with Gasteiger partial charge in [0.25, 0.3) is 0 Å². The number of alkyl halides is 1. The van der Waals surface area contributed by atoms with Crippen LogP contribution in [-0.2, 0) is 0 Å². The Kier molecular flexibility index (Phi) is 4.13. The summed E-state index contributed by atoms with van der Waals surface area (Å²) in [4.78, 5) is 11.6. The van der Waals surface area contributed by atoms with Crippen molar-refractivity contribution in [1.82, 2.24) is 0 Å². The smallest absolute Gasteiger partial charge is 0.177 e. The topological polar surface area (TPSA) is 26.3 Å². The quantitative estimate of drug-likeness (QED) is 0.630. The molecule has 0 amide bonds. The van der Waals surface area contributed by atoms with Crippen molar-refractivity contribution < 1.29 is 9.53 Å². The van der Waals surface area contributed by atoms with Crippen LogP contribution in [0.5, 0.6) is 5.75 Å². The summed E-state index contributed by atoms with van der Waals surface area (Å²) in [5, 5.41) is 0.306. The van der Waals surface area contributed by atoms with Gasteiger partial charge in [0.2, 0.25) is 0 Å². The van der Waals surface area contributed by atoms with Crippen molar-refractivity contribution in [3.8, 4) is 5.75 Å². The van der Waals surface area contributed by atoms with E-state index in [0.29, 0.717) is 16.6 Å². The first-order valence-electron chi connectivity index (χ1n) is 4.04.